The molecule has 0 spiro atoms. The zero-order valence-electron chi connectivity index (χ0n) is 14.7. The largest absolute Gasteiger partial charge is 0.431 e. The third-order valence-electron chi connectivity index (χ3n) is 3.51. The molecule has 3 rings (SSSR count). The van der Waals surface area contributed by atoms with Crippen LogP contribution >= 0.6 is 22.9 Å². The minimum Gasteiger partial charge on any atom is -0.431 e. The summed E-state index contributed by atoms with van der Waals surface area (Å²) in [6.07, 6.45) is 2.68. The second-order valence-electron chi connectivity index (χ2n) is 5.78. The molecule has 0 saturated carbocycles. The molecule has 0 fully saturated rings. The van der Waals surface area contributed by atoms with Crippen LogP contribution in [0.15, 0.2) is 34.9 Å². The highest BCUT2D eigenvalue weighted by molar-refractivity contribution is 7.19. The molecule has 3 aromatic rings. The second-order valence-corrected chi connectivity index (χ2v) is 7.50. The summed E-state index contributed by atoms with van der Waals surface area (Å²) in [6.45, 7) is 1.91. The van der Waals surface area contributed by atoms with Crippen molar-refractivity contribution in [1.29, 1.82) is 0 Å². The molecule has 0 bridgehead atoms. The first kappa shape index (κ1) is 18.4. The summed E-state index contributed by atoms with van der Waals surface area (Å²) in [5, 5.41) is 0. The van der Waals surface area contributed by atoms with Crippen LogP contribution in [-0.4, -0.2) is 30.0 Å². The average Bonchev–Trinajstić information content (AvgIpc) is 3.21. The van der Waals surface area contributed by atoms with Gasteiger partial charge in [0.2, 0.25) is 11.7 Å². The van der Waals surface area contributed by atoms with Crippen LogP contribution in [0.3, 0.4) is 0 Å². The van der Waals surface area contributed by atoms with Gasteiger partial charge < -0.3 is 14.1 Å². The Kier molecular flexibility index (Phi) is 5.58. The fourth-order valence-corrected chi connectivity index (χ4v) is 3.25. The number of rotatable bonds is 6. The van der Waals surface area contributed by atoms with Crippen LogP contribution < -0.4 is 9.64 Å². The van der Waals surface area contributed by atoms with Crippen molar-refractivity contribution in [3.63, 3.8) is 0 Å². The summed E-state index contributed by atoms with van der Waals surface area (Å²) in [5.74, 6) is 1.34. The molecule has 8 heteroatoms. The third-order valence-corrected chi connectivity index (χ3v) is 4.74. The van der Waals surface area contributed by atoms with Crippen molar-refractivity contribution in [1.82, 2.24) is 9.97 Å². The topological polar surface area (TPSA) is 68.5 Å². The molecule has 3 aromatic heterocycles. The Morgan fingerprint density at radius 3 is 2.69 bits per heavy atom. The van der Waals surface area contributed by atoms with Crippen molar-refractivity contribution >= 4 is 34.7 Å². The molecule has 3 heterocycles. The molecule has 0 aliphatic carbocycles. The number of pyridine rings is 1. The molecule has 0 aromatic carbocycles. The van der Waals surface area contributed by atoms with Gasteiger partial charge in [-0.3, -0.25) is 4.79 Å². The SMILES string of the molecule is CCCC(=O)Oc1nc(-c2ccc(N(C)C)nc2)oc1-c1ccc(Cl)s1. The van der Waals surface area contributed by atoms with E-state index >= 15 is 0 Å². The van der Waals surface area contributed by atoms with Crippen LogP contribution in [-0.2, 0) is 4.79 Å². The van der Waals surface area contributed by atoms with E-state index in [-0.39, 0.29) is 11.8 Å². The molecule has 0 aliphatic rings. The number of oxazole rings is 1. The van der Waals surface area contributed by atoms with Gasteiger partial charge in [0.1, 0.15) is 5.82 Å². The van der Waals surface area contributed by atoms with Crippen LogP contribution in [0.2, 0.25) is 4.34 Å². The normalized spacial score (nSPS) is 10.8. The van der Waals surface area contributed by atoms with Crippen molar-refractivity contribution in [2.75, 3.05) is 19.0 Å². The van der Waals surface area contributed by atoms with Crippen LogP contribution in [0.1, 0.15) is 19.8 Å². The van der Waals surface area contributed by atoms with Gasteiger partial charge in [0, 0.05) is 26.7 Å². The lowest BCUT2D eigenvalue weighted by Crippen LogP contribution is -2.10. The van der Waals surface area contributed by atoms with Gasteiger partial charge in [-0.1, -0.05) is 18.5 Å². The maximum Gasteiger partial charge on any atom is 0.312 e. The Morgan fingerprint density at radius 1 is 1.31 bits per heavy atom. The number of thiophene rings is 1. The number of esters is 1. The molecular weight excluding hydrogens is 374 g/mol. The van der Waals surface area contributed by atoms with Crippen LogP contribution in [0.5, 0.6) is 5.88 Å². The maximum absolute atomic E-state index is 11.9. The van der Waals surface area contributed by atoms with Crippen LogP contribution in [0.25, 0.3) is 22.1 Å². The van der Waals surface area contributed by atoms with E-state index in [2.05, 4.69) is 9.97 Å². The van der Waals surface area contributed by atoms with Gasteiger partial charge in [0.25, 0.3) is 5.88 Å². The van der Waals surface area contributed by atoms with Crippen molar-refractivity contribution in [3.05, 3.63) is 34.8 Å². The van der Waals surface area contributed by atoms with E-state index in [0.717, 1.165) is 10.7 Å². The zero-order valence-corrected chi connectivity index (χ0v) is 16.2. The summed E-state index contributed by atoms with van der Waals surface area (Å²) in [5.41, 5.74) is 0.692. The third kappa shape index (κ3) is 4.05. The lowest BCUT2D eigenvalue weighted by atomic mass is 10.3. The van der Waals surface area contributed by atoms with E-state index in [0.29, 0.717) is 34.4 Å². The second kappa shape index (κ2) is 7.88. The van der Waals surface area contributed by atoms with E-state index < -0.39 is 0 Å². The van der Waals surface area contributed by atoms with E-state index in [1.54, 1.807) is 12.3 Å². The lowest BCUT2D eigenvalue weighted by molar-refractivity contribution is -0.134. The molecule has 0 radical (unpaired) electrons. The highest BCUT2D eigenvalue weighted by Crippen LogP contribution is 2.39. The van der Waals surface area contributed by atoms with Crippen LogP contribution in [0, 0.1) is 0 Å². The molecular formula is C18H18ClN3O3S. The van der Waals surface area contributed by atoms with Crippen molar-refractivity contribution in [3.8, 4) is 28.0 Å². The Balaban J connectivity index is 1.98. The first-order valence-corrected chi connectivity index (χ1v) is 9.28. The van der Waals surface area contributed by atoms with E-state index in [1.807, 2.05) is 44.1 Å². The summed E-state index contributed by atoms with van der Waals surface area (Å²) >= 11 is 7.35. The highest BCUT2D eigenvalue weighted by atomic mass is 35.5. The fourth-order valence-electron chi connectivity index (χ4n) is 2.23. The zero-order chi connectivity index (χ0) is 18.7. The lowest BCUT2D eigenvalue weighted by Gasteiger charge is -2.10. The summed E-state index contributed by atoms with van der Waals surface area (Å²) < 4.78 is 11.9. The quantitative estimate of drug-likeness (QED) is 0.557. The van der Waals surface area contributed by atoms with E-state index in [4.69, 9.17) is 20.8 Å². The van der Waals surface area contributed by atoms with E-state index in [9.17, 15) is 4.79 Å². The highest BCUT2D eigenvalue weighted by Gasteiger charge is 2.22. The molecule has 0 saturated heterocycles. The number of halogens is 1. The van der Waals surface area contributed by atoms with Crippen LogP contribution in [0.4, 0.5) is 5.82 Å². The van der Waals surface area contributed by atoms with Gasteiger partial charge in [-0.15, -0.1) is 11.3 Å². The number of nitrogens with zero attached hydrogens (tertiary/aromatic N) is 3. The Bertz CT molecular complexity index is 903. The minimum atomic E-state index is -0.350. The molecule has 26 heavy (non-hydrogen) atoms. The van der Waals surface area contributed by atoms with Crippen molar-refractivity contribution in [2.45, 2.75) is 19.8 Å². The number of anilines is 1. The minimum absolute atomic E-state index is 0.147. The maximum atomic E-state index is 11.9. The number of hydrogen-bond acceptors (Lipinski definition) is 7. The molecule has 0 N–H and O–H groups in total. The monoisotopic (exact) mass is 391 g/mol. The van der Waals surface area contributed by atoms with Crippen molar-refractivity contribution < 1.29 is 13.9 Å². The fraction of sp³-hybridized carbons (Fsp3) is 0.278. The Morgan fingerprint density at radius 2 is 2.12 bits per heavy atom. The Labute approximate surface area is 160 Å². The summed E-state index contributed by atoms with van der Waals surface area (Å²) in [7, 11) is 3.83. The van der Waals surface area contributed by atoms with Crippen molar-refractivity contribution in [2.24, 2.45) is 0 Å². The molecule has 0 unspecified atom stereocenters. The molecule has 6 nitrogen and oxygen atoms in total. The van der Waals surface area contributed by atoms with Gasteiger partial charge in [0.05, 0.1) is 14.8 Å². The van der Waals surface area contributed by atoms with Gasteiger partial charge in [-0.2, -0.15) is 4.98 Å². The smallest absolute Gasteiger partial charge is 0.312 e. The van der Waals surface area contributed by atoms with Gasteiger partial charge >= 0.3 is 5.97 Å². The standard InChI is InChI=1S/C18H18ClN3O3S/c1-4-5-15(23)24-18-16(12-7-8-13(19)26-12)25-17(21-18)11-6-9-14(20-10-11)22(2)3/h6-10H,4-5H2,1-3H3. The van der Waals surface area contributed by atoms with Gasteiger partial charge in [-0.25, -0.2) is 4.98 Å². The van der Waals surface area contributed by atoms with Gasteiger partial charge in [-0.05, 0) is 30.7 Å². The molecule has 0 aliphatic heterocycles. The first-order chi connectivity index (χ1) is 12.5. The predicted molar refractivity (Wildman–Crippen MR) is 103 cm³/mol. The number of carbonyl (C=O) groups is 1. The molecule has 0 amide bonds. The predicted octanol–water partition coefficient (Wildman–Crippen LogP) is 4.89. The number of aromatic nitrogens is 2. The molecule has 0 atom stereocenters. The van der Waals surface area contributed by atoms with Gasteiger partial charge in [0.15, 0.2) is 0 Å². The average molecular weight is 392 g/mol. The summed E-state index contributed by atoms with van der Waals surface area (Å²) in [6, 6.07) is 7.29. The molecule has 136 valence electrons. The number of carbonyl (C=O) groups excluding carboxylic acids is 1. The Hall–Kier alpha value is -2.38. The number of ether oxygens (including phenoxy) is 1. The number of hydrogen-bond donors (Lipinski definition) is 0. The first-order valence-electron chi connectivity index (χ1n) is 8.09. The summed E-state index contributed by atoms with van der Waals surface area (Å²) in [4.78, 5) is 23.3. The van der Waals surface area contributed by atoms with E-state index in [1.165, 1.54) is 11.3 Å².